The van der Waals surface area contributed by atoms with Crippen LogP contribution in [0.5, 0.6) is 0 Å². The van der Waals surface area contributed by atoms with E-state index in [4.69, 9.17) is 5.11 Å². The van der Waals surface area contributed by atoms with E-state index in [9.17, 15) is 4.79 Å². The highest BCUT2D eigenvalue weighted by Crippen LogP contribution is 2.12. The van der Waals surface area contributed by atoms with Crippen molar-refractivity contribution >= 4 is 5.91 Å². The quantitative estimate of drug-likeness (QED) is 0.436. The van der Waals surface area contributed by atoms with Crippen LogP contribution in [0.2, 0.25) is 0 Å². The van der Waals surface area contributed by atoms with E-state index in [1.165, 1.54) is 0 Å². The lowest BCUT2D eigenvalue weighted by molar-refractivity contribution is -0.120. The summed E-state index contributed by atoms with van der Waals surface area (Å²) in [5.41, 5.74) is -0.795. The molecule has 1 heterocycles. The first-order chi connectivity index (χ1) is 3.60. The number of carbonyl (C=O) groups excluding carboxylic acids is 1. The zero-order valence-corrected chi connectivity index (χ0v) is 4.77. The highest BCUT2D eigenvalue weighted by Gasteiger charge is 2.30. The Morgan fingerprint density at radius 2 is 2.50 bits per heavy atom. The summed E-state index contributed by atoms with van der Waals surface area (Å²) in [6.07, 6.45) is 0.243. The van der Waals surface area contributed by atoms with Crippen LogP contribution >= 0.6 is 0 Å². The standard InChI is InChI=1S/C5H9NO2/c1-5(8)2-4(7)6-3-5/h8H,2-3H2,1H3,(H,6,7)/t5-/m1/s1. The zero-order chi connectivity index (χ0) is 6.20. The molecule has 0 bridgehead atoms. The van der Waals surface area contributed by atoms with Gasteiger partial charge in [-0.25, -0.2) is 0 Å². The summed E-state index contributed by atoms with van der Waals surface area (Å²) in [5.74, 6) is -0.0602. The number of amides is 1. The van der Waals surface area contributed by atoms with E-state index in [2.05, 4.69) is 5.32 Å². The molecule has 1 amide bonds. The molecule has 3 heteroatoms. The topological polar surface area (TPSA) is 49.3 Å². The second kappa shape index (κ2) is 1.45. The minimum absolute atomic E-state index is 0.0602. The molecule has 0 aromatic rings. The molecule has 1 atom stereocenters. The van der Waals surface area contributed by atoms with Crippen molar-refractivity contribution in [3.05, 3.63) is 0 Å². The van der Waals surface area contributed by atoms with Gasteiger partial charge in [-0.1, -0.05) is 0 Å². The molecule has 1 rings (SSSR count). The van der Waals surface area contributed by atoms with Crippen molar-refractivity contribution in [2.24, 2.45) is 0 Å². The Balaban J connectivity index is 2.56. The van der Waals surface area contributed by atoms with Gasteiger partial charge in [0.2, 0.25) is 5.91 Å². The summed E-state index contributed by atoms with van der Waals surface area (Å²) in [5, 5.41) is 11.6. The molecule has 0 aromatic heterocycles. The third-order valence-electron chi connectivity index (χ3n) is 1.21. The molecule has 1 aliphatic heterocycles. The minimum Gasteiger partial charge on any atom is -0.388 e. The van der Waals surface area contributed by atoms with E-state index in [1.54, 1.807) is 6.92 Å². The largest absolute Gasteiger partial charge is 0.388 e. The molecule has 0 spiro atoms. The number of aliphatic hydroxyl groups is 1. The van der Waals surface area contributed by atoms with Gasteiger partial charge in [0, 0.05) is 6.54 Å². The highest BCUT2D eigenvalue weighted by atomic mass is 16.3. The second-order valence-corrected chi connectivity index (χ2v) is 2.45. The maximum Gasteiger partial charge on any atom is 0.223 e. The Labute approximate surface area is 47.7 Å². The molecule has 3 nitrogen and oxygen atoms in total. The predicted octanol–water partition coefficient (Wildman–Crippen LogP) is -0.743. The molecular weight excluding hydrogens is 106 g/mol. The molecule has 1 fully saturated rings. The molecule has 2 N–H and O–H groups in total. The molecule has 0 aromatic carbocycles. The molecular formula is C5H9NO2. The number of carbonyl (C=O) groups is 1. The lowest BCUT2D eigenvalue weighted by Gasteiger charge is -2.09. The van der Waals surface area contributed by atoms with E-state index in [0.29, 0.717) is 6.54 Å². The van der Waals surface area contributed by atoms with Crippen LogP contribution in [0.4, 0.5) is 0 Å². The molecule has 8 heavy (non-hydrogen) atoms. The van der Waals surface area contributed by atoms with Crippen LogP contribution in [0.3, 0.4) is 0 Å². The number of β-amino-alcohol motifs (C(OH)–C–C–N with tert-alkyl or cyclic N) is 1. The van der Waals surface area contributed by atoms with Gasteiger partial charge in [-0.15, -0.1) is 0 Å². The smallest absolute Gasteiger partial charge is 0.223 e. The lowest BCUT2D eigenvalue weighted by Crippen LogP contribution is -2.26. The monoisotopic (exact) mass is 115 g/mol. The maximum absolute atomic E-state index is 10.4. The van der Waals surface area contributed by atoms with E-state index < -0.39 is 5.60 Å². The first-order valence-electron chi connectivity index (χ1n) is 2.59. The Morgan fingerprint density at radius 3 is 2.62 bits per heavy atom. The van der Waals surface area contributed by atoms with Gasteiger partial charge >= 0.3 is 0 Å². The molecule has 0 saturated carbocycles. The van der Waals surface area contributed by atoms with E-state index in [-0.39, 0.29) is 12.3 Å². The SMILES string of the molecule is C[C@]1(O)CNC(=O)C1. The van der Waals surface area contributed by atoms with Gasteiger partial charge < -0.3 is 10.4 Å². The van der Waals surface area contributed by atoms with Crippen LogP contribution in [0, 0.1) is 0 Å². The van der Waals surface area contributed by atoms with Gasteiger partial charge in [0.15, 0.2) is 0 Å². The van der Waals surface area contributed by atoms with Crippen LogP contribution in [0.15, 0.2) is 0 Å². The van der Waals surface area contributed by atoms with Crippen LogP contribution in [-0.4, -0.2) is 23.2 Å². The minimum atomic E-state index is -0.795. The number of hydrogen-bond acceptors (Lipinski definition) is 2. The maximum atomic E-state index is 10.4. The highest BCUT2D eigenvalue weighted by molar-refractivity contribution is 5.79. The van der Waals surface area contributed by atoms with Gasteiger partial charge in [-0.2, -0.15) is 0 Å². The second-order valence-electron chi connectivity index (χ2n) is 2.45. The summed E-state index contributed by atoms with van der Waals surface area (Å²) in [7, 11) is 0. The van der Waals surface area contributed by atoms with Crippen LogP contribution in [0.25, 0.3) is 0 Å². The first kappa shape index (κ1) is 5.56. The fourth-order valence-corrected chi connectivity index (χ4v) is 0.760. The molecule has 1 saturated heterocycles. The van der Waals surface area contributed by atoms with Crippen LogP contribution in [0.1, 0.15) is 13.3 Å². The Morgan fingerprint density at radius 1 is 1.88 bits per heavy atom. The van der Waals surface area contributed by atoms with E-state index >= 15 is 0 Å². The summed E-state index contributed by atoms with van der Waals surface area (Å²) in [6.45, 7) is 2.04. The number of nitrogens with one attached hydrogen (secondary N) is 1. The zero-order valence-electron chi connectivity index (χ0n) is 4.77. The Bertz CT molecular complexity index is 120. The molecule has 46 valence electrons. The fourth-order valence-electron chi connectivity index (χ4n) is 0.760. The third kappa shape index (κ3) is 0.980. The molecule has 0 aliphatic carbocycles. The normalized spacial score (nSPS) is 37.5. The van der Waals surface area contributed by atoms with Crippen molar-refractivity contribution in [3.63, 3.8) is 0 Å². The lowest BCUT2D eigenvalue weighted by atomic mass is 10.1. The van der Waals surface area contributed by atoms with Crippen molar-refractivity contribution in [3.8, 4) is 0 Å². The van der Waals surface area contributed by atoms with Gasteiger partial charge in [0.25, 0.3) is 0 Å². The predicted molar refractivity (Wildman–Crippen MR) is 28.3 cm³/mol. The molecule has 1 aliphatic rings. The van der Waals surface area contributed by atoms with E-state index in [1.807, 2.05) is 0 Å². The van der Waals surface area contributed by atoms with Crippen LogP contribution in [-0.2, 0) is 4.79 Å². The Hall–Kier alpha value is -0.570. The average Bonchev–Trinajstić information content (AvgIpc) is 1.82. The molecule has 0 radical (unpaired) electrons. The van der Waals surface area contributed by atoms with Crippen molar-refractivity contribution in [2.45, 2.75) is 18.9 Å². The summed E-state index contributed by atoms with van der Waals surface area (Å²) in [4.78, 5) is 10.4. The fraction of sp³-hybridized carbons (Fsp3) is 0.800. The van der Waals surface area contributed by atoms with Gasteiger partial charge in [-0.05, 0) is 6.92 Å². The van der Waals surface area contributed by atoms with Gasteiger partial charge in [0.05, 0.1) is 12.0 Å². The average molecular weight is 115 g/mol. The van der Waals surface area contributed by atoms with Crippen LogP contribution < -0.4 is 5.32 Å². The summed E-state index contributed by atoms with van der Waals surface area (Å²) in [6, 6.07) is 0. The Kier molecular flexibility index (Phi) is 1.01. The first-order valence-corrected chi connectivity index (χ1v) is 2.59. The third-order valence-corrected chi connectivity index (χ3v) is 1.21. The van der Waals surface area contributed by atoms with Gasteiger partial charge in [-0.3, -0.25) is 4.79 Å². The number of rotatable bonds is 0. The van der Waals surface area contributed by atoms with Crippen molar-refractivity contribution in [1.82, 2.24) is 5.32 Å². The summed E-state index contributed by atoms with van der Waals surface area (Å²) >= 11 is 0. The number of hydrogen-bond donors (Lipinski definition) is 2. The summed E-state index contributed by atoms with van der Waals surface area (Å²) < 4.78 is 0. The van der Waals surface area contributed by atoms with Crippen molar-refractivity contribution < 1.29 is 9.90 Å². The van der Waals surface area contributed by atoms with Crippen molar-refractivity contribution in [2.75, 3.05) is 6.54 Å². The van der Waals surface area contributed by atoms with Crippen molar-refractivity contribution in [1.29, 1.82) is 0 Å². The van der Waals surface area contributed by atoms with Gasteiger partial charge in [0.1, 0.15) is 0 Å². The molecule has 0 unspecified atom stereocenters. The van der Waals surface area contributed by atoms with E-state index in [0.717, 1.165) is 0 Å².